The number of carbonyl (C=O) groups excluding carboxylic acids is 1. The Balaban J connectivity index is 1.67. The first kappa shape index (κ1) is 20.5. The molecule has 7 heteroatoms. The van der Waals surface area contributed by atoms with Crippen molar-refractivity contribution in [2.24, 2.45) is 0 Å². The summed E-state index contributed by atoms with van der Waals surface area (Å²) in [6.07, 6.45) is 16.5. The van der Waals surface area contributed by atoms with Crippen molar-refractivity contribution in [3.8, 4) is 5.95 Å². The SMILES string of the molecule is CCCCCCC(NC(=O)CC1CCCCN1)c1ccnc(-n2ccnc2)n1. The van der Waals surface area contributed by atoms with E-state index >= 15 is 0 Å². The molecule has 0 saturated carbocycles. The van der Waals surface area contributed by atoms with Crippen molar-refractivity contribution < 1.29 is 4.79 Å². The number of imidazole rings is 1. The Morgan fingerprint density at radius 1 is 1.32 bits per heavy atom. The summed E-state index contributed by atoms with van der Waals surface area (Å²) >= 11 is 0. The van der Waals surface area contributed by atoms with Crippen molar-refractivity contribution >= 4 is 5.91 Å². The van der Waals surface area contributed by atoms with Crippen LogP contribution in [-0.2, 0) is 4.79 Å². The summed E-state index contributed by atoms with van der Waals surface area (Å²) in [5.41, 5.74) is 0.861. The minimum absolute atomic E-state index is 0.0850. The van der Waals surface area contributed by atoms with E-state index in [1.807, 2.05) is 12.3 Å². The van der Waals surface area contributed by atoms with E-state index in [0.717, 1.165) is 31.5 Å². The van der Waals surface area contributed by atoms with Gasteiger partial charge in [0, 0.05) is 31.1 Å². The highest BCUT2D eigenvalue weighted by Crippen LogP contribution is 2.20. The van der Waals surface area contributed by atoms with Gasteiger partial charge in [0.2, 0.25) is 11.9 Å². The summed E-state index contributed by atoms with van der Waals surface area (Å²) in [7, 11) is 0. The van der Waals surface area contributed by atoms with Crippen LogP contribution in [0.4, 0.5) is 0 Å². The predicted octanol–water partition coefficient (Wildman–Crippen LogP) is 3.32. The zero-order valence-corrected chi connectivity index (χ0v) is 16.8. The molecule has 2 unspecified atom stereocenters. The largest absolute Gasteiger partial charge is 0.348 e. The molecule has 1 aliphatic rings. The monoisotopic (exact) mass is 384 g/mol. The van der Waals surface area contributed by atoms with Gasteiger partial charge in [0.15, 0.2) is 0 Å². The molecule has 28 heavy (non-hydrogen) atoms. The Morgan fingerprint density at radius 2 is 2.25 bits per heavy atom. The predicted molar refractivity (Wildman–Crippen MR) is 109 cm³/mol. The molecule has 0 aliphatic carbocycles. The summed E-state index contributed by atoms with van der Waals surface area (Å²) in [5.74, 6) is 0.680. The maximum Gasteiger partial charge on any atom is 0.235 e. The third-order valence-corrected chi connectivity index (χ3v) is 5.28. The summed E-state index contributed by atoms with van der Waals surface area (Å²) < 4.78 is 1.78. The van der Waals surface area contributed by atoms with Crippen LogP contribution in [0.3, 0.4) is 0 Å². The lowest BCUT2D eigenvalue weighted by atomic mass is 10.0. The van der Waals surface area contributed by atoms with Crippen LogP contribution in [0.15, 0.2) is 31.0 Å². The molecule has 1 amide bonds. The van der Waals surface area contributed by atoms with Crippen LogP contribution in [0, 0.1) is 0 Å². The number of rotatable bonds is 10. The number of hydrogen-bond acceptors (Lipinski definition) is 5. The molecule has 2 atom stereocenters. The molecule has 2 aromatic rings. The Bertz CT molecular complexity index is 711. The van der Waals surface area contributed by atoms with Crippen LogP contribution in [0.2, 0.25) is 0 Å². The number of carbonyl (C=O) groups is 1. The highest BCUT2D eigenvalue weighted by Gasteiger charge is 2.21. The Hall–Kier alpha value is -2.28. The Labute approximate surface area is 167 Å². The van der Waals surface area contributed by atoms with Gasteiger partial charge in [-0.05, 0) is 31.9 Å². The number of nitrogens with zero attached hydrogens (tertiary/aromatic N) is 4. The lowest BCUT2D eigenvalue weighted by molar-refractivity contribution is -0.122. The zero-order chi connectivity index (χ0) is 19.6. The van der Waals surface area contributed by atoms with Crippen molar-refractivity contribution in [3.63, 3.8) is 0 Å². The van der Waals surface area contributed by atoms with Gasteiger partial charge < -0.3 is 10.6 Å². The molecular formula is C21H32N6O. The topological polar surface area (TPSA) is 84.7 Å². The number of hydrogen-bond donors (Lipinski definition) is 2. The van der Waals surface area contributed by atoms with Crippen LogP contribution in [0.1, 0.15) is 76.4 Å². The number of unbranched alkanes of at least 4 members (excludes halogenated alkanes) is 3. The lowest BCUT2D eigenvalue weighted by Crippen LogP contribution is -2.39. The first-order chi connectivity index (χ1) is 13.8. The molecule has 2 aromatic heterocycles. The maximum atomic E-state index is 12.7. The highest BCUT2D eigenvalue weighted by molar-refractivity contribution is 5.77. The maximum absolute atomic E-state index is 12.7. The molecule has 3 heterocycles. The molecule has 3 rings (SSSR count). The minimum atomic E-state index is -0.0850. The van der Waals surface area contributed by atoms with Crippen LogP contribution in [0.5, 0.6) is 0 Å². The van der Waals surface area contributed by atoms with Crippen LogP contribution >= 0.6 is 0 Å². The van der Waals surface area contributed by atoms with Gasteiger partial charge in [-0.1, -0.05) is 39.0 Å². The second-order valence-electron chi connectivity index (χ2n) is 7.57. The van der Waals surface area contributed by atoms with Crippen molar-refractivity contribution in [1.29, 1.82) is 0 Å². The average molecular weight is 385 g/mol. The zero-order valence-electron chi connectivity index (χ0n) is 16.8. The first-order valence-corrected chi connectivity index (χ1v) is 10.6. The highest BCUT2D eigenvalue weighted by atomic mass is 16.1. The Morgan fingerprint density at radius 3 is 3.00 bits per heavy atom. The lowest BCUT2D eigenvalue weighted by Gasteiger charge is -2.24. The van der Waals surface area contributed by atoms with E-state index < -0.39 is 0 Å². The molecule has 2 N–H and O–H groups in total. The van der Waals surface area contributed by atoms with Crippen molar-refractivity contribution in [1.82, 2.24) is 30.2 Å². The average Bonchev–Trinajstić information content (AvgIpc) is 3.26. The second kappa shape index (κ2) is 10.9. The standard InChI is InChI=1S/C21H32N6O/c1-2-3-4-5-9-18(25-20(28)15-17-8-6-7-11-23-17)19-10-12-24-21(26-19)27-14-13-22-16-27/h10,12-14,16-18,23H,2-9,11,15H2,1H3,(H,25,28). The molecular weight excluding hydrogens is 352 g/mol. The van der Waals surface area contributed by atoms with Crippen molar-refractivity contribution in [2.45, 2.75) is 76.8 Å². The fourth-order valence-corrected chi connectivity index (χ4v) is 3.70. The van der Waals surface area contributed by atoms with Gasteiger partial charge in [-0.15, -0.1) is 0 Å². The van der Waals surface area contributed by atoms with Crippen molar-refractivity contribution in [2.75, 3.05) is 6.54 Å². The van der Waals surface area contributed by atoms with Gasteiger partial charge in [0.25, 0.3) is 0 Å². The van der Waals surface area contributed by atoms with E-state index in [1.54, 1.807) is 23.3 Å². The van der Waals surface area contributed by atoms with Gasteiger partial charge in [-0.3, -0.25) is 9.36 Å². The van der Waals surface area contributed by atoms with Crippen molar-refractivity contribution in [3.05, 3.63) is 36.7 Å². The third-order valence-electron chi connectivity index (χ3n) is 5.28. The van der Waals surface area contributed by atoms with E-state index in [0.29, 0.717) is 18.4 Å². The molecule has 7 nitrogen and oxygen atoms in total. The summed E-state index contributed by atoms with van der Waals surface area (Å²) in [4.78, 5) is 25.8. The van der Waals surface area contributed by atoms with E-state index in [1.165, 1.54) is 32.1 Å². The molecule has 1 aliphatic heterocycles. The van der Waals surface area contributed by atoms with E-state index in [-0.39, 0.29) is 11.9 Å². The van der Waals surface area contributed by atoms with E-state index in [4.69, 9.17) is 4.98 Å². The molecule has 1 saturated heterocycles. The van der Waals surface area contributed by atoms with Gasteiger partial charge in [-0.25, -0.2) is 15.0 Å². The van der Waals surface area contributed by atoms with E-state index in [9.17, 15) is 4.79 Å². The number of aromatic nitrogens is 4. The second-order valence-corrected chi connectivity index (χ2v) is 7.57. The van der Waals surface area contributed by atoms with Crippen LogP contribution in [0.25, 0.3) is 5.95 Å². The smallest absolute Gasteiger partial charge is 0.235 e. The molecule has 152 valence electrons. The van der Waals surface area contributed by atoms with E-state index in [2.05, 4.69) is 27.5 Å². The normalized spacial score (nSPS) is 18.0. The van der Waals surface area contributed by atoms with Gasteiger partial charge >= 0.3 is 0 Å². The molecule has 0 aromatic carbocycles. The summed E-state index contributed by atoms with van der Waals surface area (Å²) in [6.45, 7) is 3.22. The summed E-state index contributed by atoms with van der Waals surface area (Å²) in [5, 5.41) is 6.69. The summed E-state index contributed by atoms with van der Waals surface area (Å²) in [6, 6.07) is 2.11. The fourth-order valence-electron chi connectivity index (χ4n) is 3.70. The molecule has 0 spiro atoms. The quantitative estimate of drug-likeness (QED) is 0.614. The molecule has 1 fully saturated rings. The van der Waals surface area contributed by atoms with Crippen LogP contribution in [-0.4, -0.2) is 38.0 Å². The fraction of sp³-hybridized carbons (Fsp3) is 0.619. The molecule has 0 bridgehead atoms. The molecule has 0 radical (unpaired) electrons. The van der Waals surface area contributed by atoms with Gasteiger partial charge in [-0.2, -0.15) is 0 Å². The number of piperidine rings is 1. The van der Waals surface area contributed by atoms with Crippen LogP contribution < -0.4 is 10.6 Å². The first-order valence-electron chi connectivity index (χ1n) is 10.6. The third kappa shape index (κ3) is 6.12. The number of nitrogens with one attached hydrogen (secondary N) is 2. The Kier molecular flexibility index (Phi) is 7.96. The van der Waals surface area contributed by atoms with Gasteiger partial charge in [0.05, 0.1) is 11.7 Å². The number of amides is 1. The van der Waals surface area contributed by atoms with Gasteiger partial charge in [0.1, 0.15) is 6.33 Å². The minimum Gasteiger partial charge on any atom is -0.348 e.